The van der Waals surface area contributed by atoms with Crippen LogP contribution in [0, 0.1) is 28.4 Å². The average molecular weight is 510 g/mol. The first kappa shape index (κ1) is 25.1. The molecule has 0 radical (unpaired) electrons. The molecule has 39 heavy (non-hydrogen) atoms. The van der Waals surface area contributed by atoms with E-state index in [0.717, 1.165) is 33.8 Å². The number of allylic oxidation sites excluding steroid dienone is 1. The third kappa shape index (κ3) is 5.15. The van der Waals surface area contributed by atoms with E-state index in [1.165, 1.54) is 24.3 Å². The van der Waals surface area contributed by atoms with E-state index < -0.39 is 10.7 Å². The summed E-state index contributed by atoms with van der Waals surface area (Å²) in [4.78, 5) is 24.0. The number of non-ortho nitro benzene ring substituents is 1. The number of carbonyl (C=O) groups is 1. The highest BCUT2D eigenvalue weighted by Crippen LogP contribution is 2.37. The lowest BCUT2D eigenvalue weighted by atomic mass is 10.00. The van der Waals surface area contributed by atoms with Crippen molar-refractivity contribution in [1.82, 2.24) is 4.57 Å². The van der Waals surface area contributed by atoms with Crippen molar-refractivity contribution in [3.8, 4) is 34.3 Å². The summed E-state index contributed by atoms with van der Waals surface area (Å²) in [5.41, 5.74) is 6.08. The first-order valence-electron chi connectivity index (χ1n) is 12.3. The Morgan fingerprint density at radius 3 is 2.10 bits per heavy atom. The van der Waals surface area contributed by atoms with Gasteiger partial charge in [-0.05, 0) is 42.3 Å². The number of nitro benzene ring substituents is 1. The van der Waals surface area contributed by atoms with Crippen LogP contribution >= 0.6 is 0 Å². The van der Waals surface area contributed by atoms with E-state index in [1.807, 2.05) is 104 Å². The van der Waals surface area contributed by atoms with Gasteiger partial charge >= 0.3 is 0 Å². The second kappa shape index (κ2) is 10.8. The van der Waals surface area contributed by atoms with Gasteiger partial charge < -0.3 is 4.57 Å². The molecule has 0 saturated carbocycles. The van der Waals surface area contributed by atoms with Crippen molar-refractivity contribution in [3.63, 3.8) is 0 Å². The number of rotatable bonds is 7. The molecular formula is C33H23N3O3. The average Bonchev–Trinajstić information content (AvgIpc) is 3.36. The number of benzene rings is 4. The number of nitro groups is 1. The van der Waals surface area contributed by atoms with E-state index >= 15 is 0 Å². The largest absolute Gasteiger partial charge is 0.309 e. The minimum absolute atomic E-state index is 0.0829. The van der Waals surface area contributed by atoms with Crippen LogP contribution in [-0.2, 0) is 0 Å². The summed E-state index contributed by atoms with van der Waals surface area (Å²) in [6.07, 6.45) is 1.57. The molecule has 0 aliphatic carbocycles. The Morgan fingerprint density at radius 1 is 0.846 bits per heavy atom. The maximum Gasteiger partial charge on any atom is 0.270 e. The van der Waals surface area contributed by atoms with Crippen LogP contribution in [0.15, 0.2) is 121 Å². The van der Waals surface area contributed by atoms with Gasteiger partial charge in [-0.3, -0.25) is 14.9 Å². The molecule has 188 valence electrons. The summed E-state index contributed by atoms with van der Waals surface area (Å²) in [5, 5.41) is 21.3. The summed E-state index contributed by atoms with van der Waals surface area (Å²) in [6.45, 7) is 2.03. The van der Waals surface area contributed by atoms with Crippen molar-refractivity contribution < 1.29 is 9.72 Å². The molecule has 5 aromatic rings. The molecule has 0 fully saturated rings. The summed E-state index contributed by atoms with van der Waals surface area (Å²) >= 11 is 0. The fourth-order valence-corrected chi connectivity index (χ4v) is 4.54. The fraction of sp³-hybridized carbons (Fsp3) is 0.0303. The normalized spacial score (nSPS) is 11.1. The van der Waals surface area contributed by atoms with Gasteiger partial charge in [0.15, 0.2) is 0 Å². The number of aromatic nitrogens is 1. The van der Waals surface area contributed by atoms with Gasteiger partial charge in [-0.25, -0.2) is 0 Å². The maximum atomic E-state index is 13.4. The first-order valence-corrected chi connectivity index (χ1v) is 12.3. The Kier molecular flexibility index (Phi) is 6.98. The van der Waals surface area contributed by atoms with Gasteiger partial charge in [0, 0.05) is 28.9 Å². The summed E-state index contributed by atoms with van der Waals surface area (Å²) < 4.78 is 2.13. The maximum absolute atomic E-state index is 13.4. The lowest BCUT2D eigenvalue weighted by Gasteiger charge is -2.15. The zero-order valence-corrected chi connectivity index (χ0v) is 21.1. The van der Waals surface area contributed by atoms with Crippen molar-refractivity contribution in [2.45, 2.75) is 6.92 Å². The van der Waals surface area contributed by atoms with E-state index in [1.54, 1.807) is 6.08 Å². The zero-order chi connectivity index (χ0) is 27.4. The van der Waals surface area contributed by atoms with Crippen molar-refractivity contribution in [3.05, 3.63) is 148 Å². The fourth-order valence-electron chi connectivity index (χ4n) is 4.54. The third-order valence-corrected chi connectivity index (χ3v) is 6.42. The van der Waals surface area contributed by atoms with Crippen LogP contribution in [0.4, 0.5) is 5.69 Å². The molecule has 1 heterocycles. The van der Waals surface area contributed by atoms with E-state index in [4.69, 9.17) is 0 Å². The molecule has 0 N–H and O–H groups in total. The Balaban J connectivity index is 1.77. The van der Waals surface area contributed by atoms with E-state index in [0.29, 0.717) is 5.56 Å². The standard InChI is InChI=1S/C33H23N3O3/c1-23-15-17-29(18-16-23)35-31(24-9-4-2-5-10-24)21-27(32(35)25-11-6-3-7-12-25)19-28(22-34)33(37)26-13-8-14-30(20-26)36(38)39/h2-21H,1H3/b28-19+. The second-order valence-corrected chi connectivity index (χ2v) is 9.04. The molecule has 0 bridgehead atoms. The lowest BCUT2D eigenvalue weighted by molar-refractivity contribution is -0.384. The molecule has 0 unspecified atom stereocenters. The number of ketones is 1. The van der Waals surface area contributed by atoms with Crippen molar-refractivity contribution in [1.29, 1.82) is 5.26 Å². The van der Waals surface area contributed by atoms with Crippen molar-refractivity contribution in [2.75, 3.05) is 0 Å². The van der Waals surface area contributed by atoms with Gasteiger partial charge in [-0.2, -0.15) is 5.26 Å². The van der Waals surface area contributed by atoms with Gasteiger partial charge in [0.1, 0.15) is 11.6 Å². The molecule has 6 heteroatoms. The monoisotopic (exact) mass is 509 g/mol. The minimum Gasteiger partial charge on any atom is -0.309 e. The molecule has 1 aromatic heterocycles. The zero-order valence-electron chi connectivity index (χ0n) is 21.1. The minimum atomic E-state index is -0.579. The highest BCUT2D eigenvalue weighted by atomic mass is 16.6. The molecule has 0 amide bonds. The molecule has 4 aromatic carbocycles. The first-order chi connectivity index (χ1) is 19.0. The molecule has 6 nitrogen and oxygen atoms in total. The van der Waals surface area contributed by atoms with E-state index in [-0.39, 0.29) is 16.8 Å². The molecule has 0 aliphatic heterocycles. The highest BCUT2D eigenvalue weighted by Gasteiger charge is 2.21. The van der Waals surface area contributed by atoms with E-state index in [2.05, 4.69) is 4.57 Å². The van der Waals surface area contributed by atoms with Crippen LogP contribution in [-0.4, -0.2) is 15.3 Å². The molecule has 0 atom stereocenters. The van der Waals surface area contributed by atoms with Crippen LogP contribution in [0.1, 0.15) is 21.5 Å². The topological polar surface area (TPSA) is 88.9 Å². The van der Waals surface area contributed by atoms with Crippen molar-refractivity contribution in [2.24, 2.45) is 0 Å². The smallest absolute Gasteiger partial charge is 0.270 e. The number of carbonyl (C=O) groups excluding carboxylic acids is 1. The molecular weight excluding hydrogens is 486 g/mol. The number of hydrogen-bond donors (Lipinski definition) is 0. The number of nitrogens with zero attached hydrogens (tertiary/aromatic N) is 3. The van der Waals surface area contributed by atoms with Gasteiger partial charge in [0.2, 0.25) is 5.78 Å². The highest BCUT2D eigenvalue weighted by molar-refractivity contribution is 6.14. The van der Waals surface area contributed by atoms with Gasteiger partial charge in [-0.15, -0.1) is 0 Å². The molecule has 0 saturated heterocycles. The summed E-state index contributed by atoms with van der Waals surface area (Å²) in [6, 6.07) is 37.3. The summed E-state index contributed by atoms with van der Waals surface area (Å²) in [5.74, 6) is -0.579. The quantitative estimate of drug-likeness (QED) is 0.0735. The van der Waals surface area contributed by atoms with Gasteiger partial charge in [0.05, 0.1) is 16.3 Å². The number of Topliss-reactive ketones (excluding diaryl/α,β-unsaturated/α-hetero) is 1. The Bertz CT molecular complexity index is 1740. The van der Waals surface area contributed by atoms with Crippen LogP contribution in [0.2, 0.25) is 0 Å². The number of nitriles is 1. The van der Waals surface area contributed by atoms with Crippen molar-refractivity contribution >= 4 is 17.5 Å². The van der Waals surface area contributed by atoms with Crippen LogP contribution < -0.4 is 0 Å². The molecule has 5 rings (SSSR count). The molecule has 0 spiro atoms. The predicted molar refractivity (Wildman–Crippen MR) is 152 cm³/mol. The second-order valence-electron chi connectivity index (χ2n) is 9.04. The Hall–Kier alpha value is -5.54. The predicted octanol–water partition coefficient (Wildman–Crippen LogP) is 7.82. The summed E-state index contributed by atoms with van der Waals surface area (Å²) in [7, 11) is 0. The van der Waals surface area contributed by atoms with Crippen LogP contribution in [0.3, 0.4) is 0 Å². The third-order valence-electron chi connectivity index (χ3n) is 6.42. The number of hydrogen-bond acceptors (Lipinski definition) is 4. The Morgan fingerprint density at radius 2 is 1.49 bits per heavy atom. The van der Waals surface area contributed by atoms with Crippen LogP contribution in [0.5, 0.6) is 0 Å². The van der Waals surface area contributed by atoms with E-state index in [9.17, 15) is 20.2 Å². The SMILES string of the molecule is Cc1ccc(-n2c(-c3ccccc3)cc(/C=C(\C#N)C(=O)c3cccc([N+](=O)[O-])c3)c2-c2ccccc2)cc1. The number of aryl methyl sites for hydroxylation is 1. The van der Waals surface area contributed by atoms with Gasteiger partial charge in [-0.1, -0.05) is 90.5 Å². The molecule has 0 aliphatic rings. The lowest BCUT2D eigenvalue weighted by Crippen LogP contribution is -2.03. The van der Waals surface area contributed by atoms with Crippen LogP contribution in [0.25, 0.3) is 34.3 Å². The van der Waals surface area contributed by atoms with Gasteiger partial charge in [0.25, 0.3) is 5.69 Å². The Labute approximate surface area is 225 Å².